The zero-order valence-electron chi connectivity index (χ0n) is 18.4. The molecular formula is C21H33BO4S. The summed E-state index contributed by atoms with van der Waals surface area (Å²) < 4.78 is 17.2. The van der Waals surface area contributed by atoms with Gasteiger partial charge in [-0.2, -0.15) is 0 Å². The number of hydrogen-bond acceptors (Lipinski definition) is 5. The summed E-state index contributed by atoms with van der Waals surface area (Å²) in [6.07, 6.45) is 0. The van der Waals surface area contributed by atoms with Crippen LogP contribution in [0.3, 0.4) is 0 Å². The zero-order chi connectivity index (χ0) is 20.8. The van der Waals surface area contributed by atoms with Crippen LogP contribution in [0.25, 0.3) is 0 Å². The second-order valence-electron chi connectivity index (χ2n) is 9.72. The lowest BCUT2D eigenvalue weighted by molar-refractivity contribution is -0.156. The van der Waals surface area contributed by atoms with Crippen molar-refractivity contribution in [3.63, 3.8) is 0 Å². The highest BCUT2D eigenvalue weighted by Gasteiger charge is 2.52. The molecule has 0 spiro atoms. The molecule has 0 radical (unpaired) electrons. The molecule has 1 heterocycles. The average molecular weight is 392 g/mol. The molecule has 6 heteroatoms. The van der Waals surface area contributed by atoms with Gasteiger partial charge in [-0.1, -0.05) is 11.6 Å². The minimum absolute atomic E-state index is 0.215. The molecule has 1 saturated heterocycles. The Morgan fingerprint density at radius 2 is 1.56 bits per heavy atom. The van der Waals surface area contributed by atoms with Gasteiger partial charge in [-0.3, -0.25) is 4.79 Å². The molecule has 2 rings (SSSR count). The fraction of sp³-hybridized carbons (Fsp3) is 0.667. The monoisotopic (exact) mass is 392 g/mol. The highest BCUT2D eigenvalue weighted by atomic mass is 32.2. The van der Waals surface area contributed by atoms with E-state index in [1.807, 2.05) is 53.7 Å². The summed E-state index contributed by atoms with van der Waals surface area (Å²) in [7, 11) is -0.382. The van der Waals surface area contributed by atoms with Crippen LogP contribution in [0.2, 0.25) is 0 Å². The molecule has 0 bridgehead atoms. The van der Waals surface area contributed by atoms with Crippen LogP contribution in [0, 0.1) is 6.92 Å². The third kappa shape index (κ3) is 5.10. The van der Waals surface area contributed by atoms with Gasteiger partial charge in [-0.05, 0) is 86.8 Å². The number of carbonyl (C=O) groups is 1. The van der Waals surface area contributed by atoms with Crippen LogP contribution < -0.4 is 5.46 Å². The summed E-state index contributed by atoms with van der Waals surface area (Å²) in [5.41, 5.74) is 0.879. The van der Waals surface area contributed by atoms with E-state index < -0.39 is 10.3 Å². The van der Waals surface area contributed by atoms with Crippen LogP contribution in [0.5, 0.6) is 0 Å². The number of carbonyl (C=O) groups excluding carboxylic acids is 1. The molecule has 4 nitrogen and oxygen atoms in total. The maximum absolute atomic E-state index is 12.5. The van der Waals surface area contributed by atoms with E-state index in [0.717, 1.165) is 15.9 Å². The number of aryl methyl sites for hydroxylation is 1. The van der Waals surface area contributed by atoms with Crippen molar-refractivity contribution < 1.29 is 18.8 Å². The van der Waals surface area contributed by atoms with Crippen molar-refractivity contribution in [3.8, 4) is 0 Å². The van der Waals surface area contributed by atoms with Gasteiger partial charge in [0, 0.05) is 4.90 Å². The number of ether oxygens (including phenoxy) is 1. The van der Waals surface area contributed by atoms with E-state index in [9.17, 15) is 4.79 Å². The molecule has 27 heavy (non-hydrogen) atoms. The predicted molar refractivity (Wildman–Crippen MR) is 113 cm³/mol. The molecule has 1 aliphatic rings. The smallest absolute Gasteiger partial charge is 0.459 e. The first-order chi connectivity index (χ1) is 12.0. The second kappa shape index (κ2) is 7.13. The summed E-state index contributed by atoms with van der Waals surface area (Å²) in [6.45, 7) is 19.7. The highest BCUT2D eigenvalue weighted by Crippen LogP contribution is 2.38. The first kappa shape index (κ1) is 22.3. The molecule has 1 aliphatic heterocycles. The van der Waals surface area contributed by atoms with Crippen molar-refractivity contribution >= 4 is 30.3 Å². The fourth-order valence-electron chi connectivity index (χ4n) is 2.68. The van der Waals surface area contributed by atoms with Gasteiger partial charge in [-0.15, -0.1) is 11.8 Å². The third-order valence-corrected chi connectivity index (χ3v) is 6.18. The Morgan fingerprint density at radius 1 is 1.04 bits per heavy atom. The first-order valence-corrected chi connectivity index (χ1v) is 10.2. The largest absolute Gasteiger partial charge is 0.495 e. The number of benzene rings is 1. The van der Waals surface area contributed by atoms with E-state index in [1.165, 1.54) is 11.8 Å². The molecule has 1 aromatic rings. The van der Waals surface area contributed by atoms with Gasteiger partial charge in [0.1, 0.15) is 10.3 Å². The standard InChI is InChI=1S/C21H33BO4S/c1-14-13-15(27-19(5,6)17(23)24-18(2,3)4)11-12-16(14)22-25-20(7,8)21(9,10)26-22/h11-13H,1-10H3. The summed E-state index contributed by atoms with van der Waals surface area (Å²) in [6, 6.07) is 6.13. The first-order valence-electron chi connectivity index (χ1n) is 9.43. The highest BCUT2D eigenvalue weighted by molar-refractivity contribution is 8.01. The Hall–Kier alpha value is -0.975. The van der Waals surface area contributed by atoms with E-state index in [2.05, 4.69) is 33.8 Å². The summed E-state index contributed by atoms with van der Waals surface area (Å²) in [4.78, 5) is 13.5. The van der Waals surface area contributed by atoms with Gasteiger partial charge >= 0.3 is 13.1 Å². The van der Waals surface area contributed by atoms with Crippen LogP contribution >= 0.6 is 11.8 Å². The van der Waals surface area contributed by atoms with Gasteiger partial charge in [0.2, 0.25) is 0 Å². The Morgan fingerprint density at radius 3 is 2.00 bits per heavy atom. The Kier molecular flexibility index (Phi) is 5.89. The lowest BCUT2D eigenvalue weighted by atomic mass is 9.76. The van der Waals surface area contributed by atoms with E-state index in [-0.39, 0.29) is 24.3 Å². The van der Waals surface area contributed by atoms with Crippen molar-refractivity contribution in [2.75, 3.05) is 0 Å². The molecule has 0 aliphatic carbocycles. The van der Waals surface area contributed by atoms with Crippen molar-refractivity contribution in [1.82, 2.24) is 0 Å². The summed E-state index contributed by atoms with van der Waals surface area (Å²) >= 11 is 1.50. The van der Waals surface area contributed by atoms with Gasteiger partial charge in [-0.25, -0.2) is 0 Å². The molecule has 1 aromatic carbocycles. The van der Waals surface area contributed by atoms with Crippen LogP contribution in [0.4, 0.5) is 0 Å². The lowest BCUT2D eigenvalue weighted by Gasteiger charge is -2.32. The third-order valence-electron chi connectivity index (χ3n) is 5.01. The van der Waals surface area contributed by atoms with E-state index in [1.54, 1.807) is 0 Å². The van der Waals surface area contributed by atoms with Crippen molar-refractivity contribution in [2.24, 2.45) is 0 Å². The number of rotatable bonds is 4. The van der Waals surface area contributed by atoms with E-state index in [4.69, 9.17) is 14.0 Å². The topological polar surface area (TPSA) is 44.8 Å². The predicted octanol–water partition coefficient (Wildman–Crippen LogP) is 4.51. The van der Waals surface area contributed by atoms with Gasteiger partial charge < -0.3 is 14.0 Å². The Bertz CT molecular complexity index is 703. The van der Waals surface area contributed by atoms with Crippen LogP contribution in [-0.4, -0.2) is 34.6 Å². The maximum atomic E-state index is 12.5. The Balaban J connectivity index is 2.17. The van der Waals surface area contributed by atoms with Gasteiger partial charge in [0.05, 0.1) is 11.2 Å². The van der Waals surface area contributed by atoms with Crippen molar-refractivity contribution in [2.45, 2.75) is 95.7 Å². The quantitative estimate of drug-likeness (QED) is 0.429. The van der Waals surface area contributed by atoms with E-state index >= 15 is 0 Å². The molecule has 0 amide bonds. The normalized spacial score (nSPS) is 19.3. The molecule has 0 atom stereocenters. The average Bonchev–Trinajstić information content (AvgIpc) is 2.64. The van der Waals surface area contributed by atoms with Crippen molar-refractivity contribution in [1.29, 1.82) is 0 Å². The van der Waals surface area contributed by atoms with Gasteiger partial charge in [0.25, 0.3) is 0 Å². The minimum Gasteiger partial charge on any atom is -0.459 e. The molecule has 1 fully saturated rings. The molecular weight excluding hydrogens is 359 g/mol. The SMILES string of the molecule is Cc1cc(SC(C)(C)C(=O)OC(C)(C)C)ccc1B1OC(C)(C)C(C)(C)O1. The van der Waals surface area contributed by atoms with Crippen LogP contribution in [0.15, 0.2) is 23.1 Å². The van der Waals surface area contributed by atoms with Gasteiger partial charge in [0.15, 0.2) is 0 Å². The molecule has 0 N–H and O–H groups in total. The fourth-order valence-corrected chi connectivity index (χ4v) is 3.77. The number of esters is 1. The minimum atomic E-state index is -0.675. The molecule has 0 saturated carbocycles. The lowest BCUT2D eigenvalue weighted by Crippen LogP contribution is -2.41. The van der Waals surface area contributed by atoms with Crippen LogP contribution in [0.1, 0.15) is 67.9 Å². The summed E-state index contributed by atoms with van der Waals surface area (Å²) in [5.74, 6) is -0.215. The van der Waals surface area contributed by atoms with E-state index in [0.29, 0.717) is 0 Å². The number of hydrogen-bond donors (Lipinski definition) is 0. The zero-order valence-corrected chi connectivity index (χ0v) is 19.2. The molecule has 0 unspecified atom stereocenters. The Labute approximate surface area is 168 Å². The maximum Gasteiger partial charge on any atom is 0.495 e. The molecule has 0 aromatic heterocycles. The van der Waals surface area contributed by atoms with Crippen molar-refractivity contribution in [3.05, 3.63) is 23.8 Å². The summed E-state index contributed by atoms with van der Waals surface area (Å²) in [5, 5.41) is 0. The second-order valence-corrected chi connectivity index (χ2v) is 11.4. The number of thioether (sulfide) groups is 1. The van der Waals surface area contributed by atoms with Crippen LogP contribution in [-0.2, 0) is 18.8 Å². The molecule has 150 valence electrons.